The molecule has 116 valence electrons. The molecule has 0 aliphatic carbocycles. The summed E-state index contributed by atoms with van der Waals surface area (Å²) in [5.74, 6) is 0.160. The SMILES string of the molecule is O=C1N2C[C@H](c3scnc3[C@H]2c2ncno2)N1OS(=O)(=O)O. The highest BCUT2D eigenvalue weighted by atomic mass is 32.3. The Bertz CT molecular complexity index is 833. The van der Waals surface area contributed by atoms with E-state index in [1.807, 2.05) is 0 Å². The molecular formula is C9H7N5O6S2. The minimum atomic E-state index is -4.82. The lowest BCUT2D eigenvalue weighted by molar-refractivity contribution is -0.0308. The summed E-state index contributed by atoms with van der Waals surface area (Å²) in [5, 5.41) is 4.13. The number of hydrogen-bond acceptors (Lipinski definition) is 9. The Labute approximate surface area is 127 Å². The number of fused-ring (bicyclic) bond motifs is 4. The van der Waals surface area contributed by atoms with E-state index in [9.17, 15) is 13.2 Å². The molecule has 2 atom stereocenters. The number of hydroxylamine groups is 2. The lowest BCUT2D eigenvalue weighted by Gasteiger charge is -2.26. The van der Waals surface area contributed by atoms with E-state index in [-0.39, 0.29) is 12.4 Å². The van der Waals surface area contributed by atoms with Gasteiger partial charge in [-0.15, -0.1) is 15.6 Å². The average Bonchev–Trinajstić information content (AvgIpc) is 3.15. The predicted molar refractivity (Wildman–Crippen MR) is 67.6 cm³/mol. The van der Waals surface area contributed by atoms with Crippen LogP contribution in [0.3, 0.4) is 0 Å². The maximum Gasteiger partial charge on any atom is 0.418 e. The van der Waals surface area contributed by atoms with E-state index in [4.69, 9.17) is 9.08 Å². The number of hydrogen-bond donors (Lipinski definition) is 1. The molecule has 4 rings (SSSR count). The Morgan fingerprint density at radius 2 is 2.27 bits per heavy atom. The third-order valence-corrected chi connectivity index (χ3v) is 4.67. The summed E-state index contributed by atoms with van der Waals surface area (Å²) in [4.78, 5) is 22.4. The van der Waals surface area contributed by atoms with Gasteiger partial charge in [0.05, 0.1) is 22.6 Å². The smallest absolute Gasteiger partial charge is 0.337 e. The zero-order chi connectivity index (χ0) is 15.5. The highest BCUT2D eigenvalue weighted by Gasteiger charge is 2.53. The Hall–Kier alpha value is -2.09. The van der Waals surface area contributed by atoms with E-state index >= 15 is 0 Å². The Kier molecular flexibility index (Phi) is 2.75. The Morgan fingerprint density at radius 1 is 1.45 bits per heavy atom. The van der Waals surface area contributed by atoms with Gasteiger partial charge in [0.2, 0.25) is 0 Å². The van der Waals surface area contributed by atoms with Crippen LogP contribution in [-0.2, 0) is 14.7 Å². The molecule has 1 N–H and O–H groups in total. The zero-order valence-corrected chi connectivity index (χ0v) is 12.2. The monoisotopic (exact) mass is 345 g/mol. The minimum absolute atomic E-state index is 0.149. The van der Waals surface area contributed by atoms with Crippen molar-refractivity contribution in [3.63, 3.8) is 0 Å². The van der Waals surface area contributed by atoms with Crippen molar-refractivity contribution in [2.24, 2.45) is 0 Å². The number of nitrogens with zero attached hydrogens (tertiary/aromatic N) is 5. The van der Waals surface area contributed by atoms with Crippen LogP contribution in [0.1, 0.15) is 28.5 Å². The van der Waals surface area contributed by atoms with Crippen LogP contribution in [0.4, 0.5) is 4.79 Å². The van der Waals surface area contributed by atoms with Gasteiger partial charge in [0.15, 0.2) is 12.4 Å². The molecule has 0 radical (unpaired) electrons. The second-order valence-electron chi connectivity index (χ2n) is 4.56. The van der Waals surface area contributed by atoms with Crippen molar-refractivity contribution < 1.29 is 26.6 Å². The van der Waals surface area contributed by atoms with E-state index in [1.165, 1.54) is 22.6 Å². The van der Waals surface area contributed by atoms with Crippen molar-refractivity contribution >= 4 is 27.8 Å². The van der Waals surface area contributed by atoms with E-state index in [0.29, 0.717) is 15.6 Å². The van der Waals surface area contributed by atoms with E-state index in [1.54, 1.807) is 5.51 Å². The number of carbonyl (C=O) groups is 1. The molecule has 2 aromatic heterocycles. The largest absolute Gasteiger partial charge is 0.418 e. The van der Waals surface area contributed by atoms with Crippen molar-refractivity contribution in [3.8, 4) is 0 Å². The van der Waals surface area contributed by atoms with Gasteiger partial charge >= 0.3 is 16.4 Å². The van der Waals surface area contributed by atoms with Gasteiger partial charge in [0, 0.05) is 0 Å². The van der Waals surface area contributed by atoms with Gasteiger partial charge in [-0.1, -0.05) is 5.16 Å². The first-order valence-corrected chi connectivity index (χ1v) is 8.17. The molecule has 1 saturated heterocycles. The first-order chi connectivity index (χ1) is 10.5. The highest BCUT2D eigenvalue weighted by Crippen LogP contribution is 2.47. The molecule has 0 spiro atoms. The van der Waals surface area contributed by atoms with Crippen molar-refractivity contribution in [3.05, 3.63) is 28.3 Å². The maximum atomic E-state index is 12.4. The second-order valence-corrected chi connectivity index (χ2v) is 6.45. The van der Waals surface area contributed by atoms with E-state index < -0.39 is 28.5 Å². The van der Waals surface area contributed by atoms with Crippen molar-refractivity contribution in [1.29, 1.82) is 0 Å². The lowest BCUT2D eigenvalue weighted by atomic mass is 10.0. The number of urea groups is 1. The van der Waals surface area contributed by atoms with Crippen LogP contribution in [0.15, 0.2) is 16.4 Å². The molecule has 0 unspecified atom stereocenters. The van der Waals surface area contributed by atoms with Crippen LogP contribution in [0.25, 0.3) is 0 Å². The van der Waals surface area contributed by atoms with Gasteiger partial charge in [-0.05, 0) is 0 Å². The van der Waals surface area contributed by atoms with Crippen LogP contribution in [-0.4, -0.2) is 50.6 Å². The standard InChI is InChI=1S/C9H7N5O6S2/c15-9-13-1-4(14(9)20-22(16,17)18)7-5(11-3-21-7)6(13)8-10-2-12-19-8/h2-4,6H,1H2,(H,16,17,18)/t4-,6+/m1/s1. The molecule has 2 aliphatic rings. The zero-order valence-electron chi connectivity index (χ0n) is 10.6. The summed E-state index contributed by atoms with van der Waals surface area (Å²) in [5.41, 5.74) is 2.08. The first-order valence-electron chi connectivity index (χ1n) is 5.92. The molecule has 1 fully saturated rings. The molecular weight excluding hydrogens is 338 g/mol. The van der Waals surface area contributed by atoms with Crippen LogP contribution >= 0.6 is 11.3 Å². The summed E-state index contributed by atoms with van der Waals surface area (Å²) in [6.07, 6.45) is 1.19. The molecule has 11 nitrogen and oxygen atoms in total. The Balaban J connectivity index is 1.82. The maximum absolute atomic E-state index is 12.4. The summed E-state index contributed by atoms with van der Waals surface area (Å²) in [7, 11) is -4.82. The van der Waals surface area contributed by atoms with Crippen LogP contribution in [0.5, 0.6) is 0 Å². The predicted octanol–water partition coefficient (Wildman–Crippen LogP) is 0.142. The van der Waals surface area contributed by atoms with Crippen LogP contribution < -0.4 is 0 Å². The molecule has 2 bridgehead atoms. The molecule has 2 aromatic rings. The van der Waals surface area contributed by atoms with Gasteiger partial charge in [0.25, 0.3) is 5.89 Å². The van der Waals surface area contributed by atoms with Gasteiger partial charge in [-0.3, -0.25) is 4.55 Å². The fourth-order valence-corrected chi connectivity index (χ4v) is 3.87. The lowest BCUT2D eigenvalue weighted by Crippen LogP contribution is -2.35. The normalized spacial score (nSPS) is 24.0. The summed E-state index contributed by atoms with van der Waals surface area (Å²) in [6.45, 7) is 0.149. The number of rotatable bonds is 3. The van der Waals surface area contributed by atoms with E-state index in [0.717, 1.165) is 0 Å². The van der Waals surface area contributed by atoms with Crippen molar-refractivity contribution in [1.82, 2.24) is 25.1 Å². The molecule has 0 saturated carbocycles. The highest BCUT2D eigenvalue weighted by molar-refractivity contribution is 7.80. The van der Waals surface area contributed by atoms with Crippen LogP contribution in [0.2, 0.25) is 0 Å². The molecule has 13 heteroatoms. The molecule has 0 aromatic carbocycles. The number of carbonyl (C=O) groups excluding carboxylic acids is 1. The minimum Gasteiger partial charge on any atom is -0.337 e. The first kappa shape index (κ1) is 13.6. The van der Waals surface area contributed by atoms with E-state index in [2.05, 4.69) is 19.4 Å². The van der Waals surface area contributed by atoms with Gasteiger partial charge in [-0.25, -0.2) is 9.78 Å². The number of amides is 2. The van der Waals surface area contributed by atoms with Crippen LogP contribution in [0, 0.1) is 0 Å². The molecule has 2 aliphatic heterocycles. The third kappa shape index (κ3) is 1.90. The summed E-state index contributed by atoms with van der Waals surface area (Å²) < 4.78 is 40.2. The fraction of sp³-hybridized carbons (Fsp3) is 0.333. The molecule has 2 amide bonds. The molecule has 4 heterocycles. The quantitative estimate of drug-likeness (QED) is 0.769. The summed E-state index contributed by atoms with van der Waals surface area (Å²) in [6, 6.07) is -2.14. The van der Waals surface area contributed by atoms with Gasteiger partial charge in [0.1, 0.15) is 6.04 Å². The second kappa shape index (κ2) is 4.45. The van der Waals surface area contributed by atoms with Gasteiger partial charge in [-0.2, -0.15) is 18.5 Å². The number of aromatic nitrogens is 3. The van der Waals surface area contributed by atoms with Crippen molar-refractivity contribution in [2.45, 2.75) is 12.1 Å². The average molecular weight is 345 g/mol. The molecule has 22 heavy (non-hydrogen) atoms. The third-order valence-electron chi connectivity index (χ3n) is 3.37. The van der Waals surface area contributed by atoms with Crippen molar-refractivity contribution in [2.75, 3.05) is 6.54 Å². The Morgan fingerprint density at radius 3 is 2.95 bits per heavy atom. The topological polar surface area (TPSA) is 139 Å². The fourth-order valence-electron chi connectivity index (χ4n) is 2.61. The summed E-state index contributed by atoms with van der Waals surface area (Å²) >= 11 is 1.24. The number of thiazole rings is 1. The van der Waals surface area contributed by atoms with Gasteiger partial charge < -0.3 is 9.42 Å².